The molecule has 1 aliphatic rings. The molecule has 14 heavy (non-hydrogen) atoms. The molecule has 0 aromatic rings. The minimum absolute atomic E-state index is 0.0485. The van der Waals surface area contributed by atoms with Crippen LogP contribution in [0.3, 0.4) is 0 Å². The van der Waals surface area contributed by atoms with Gasteiger partial charge in [-0.05, 0) is 26.3 Å². The van der Waals surface area contributed by atoms with Gasteiger partial charge in [0.15, 0.2) is 0 Å². The first-order valence-corrected chi connectivity index (χ1v) is 4.97. The summed E-state index contributed by atoms with van der Waals surface area (Å²) in [6.45, 7) is 4.44. The summed E-state index contributed by atoms with van der Waals surface area (Å²) in [7, 11) is 1.45. The lowest BCUT2D eigenvalue weighted by Crippen LogP contribution is -2.39. The van der Waals surface area contributed by atoms with Gasteiger partial charge in [0, 0.05) is 6.54 Å². The van der Waals surface area contributed by atoms with E-state index in [0.29, 0.717) is 0 Å². The normalized spacial score (nSPS) is 22.3. The SMILES string of the molecule is CC#CCN1CCC[C@H](C(=O)OC)C1. The maximum Gasteiger partial charge on any atom is 0.309 e. The number of methoxy groups -OCH3 is 1. The molecule has 3 nitrogen and oxygen atoms in total. The van der Waals surface area contributed by atoms with Crippen LogP contribution >= 0.6 is 0 Å². The van der Waals surface area contributed by atoms with E-state index < -0.39 is 0 Å². The molecule has 1 atom stereocenters. The van der Waals surface area contributed by atoms with Crippen molar-refractivity contribution in [2.75, 3.05) is 26.7 Å². The molecule has 1 rings (SSSR count). The number of hydrogen-bond donors (Lipinski definition) is 0. The lowest BCUT2D eigenvalue weighted by molar-refractivity contribution is -0.147. The van der Waals surface area contributed by atoms with Gasteiger partial charge in [0.2, 0.25) is 0 Å². The largest absolute Gasteiger partial charge is 0.469 e. The number of hydrogen-bond acceptors (Lipinski definition) is 3. The van der Waals surface area contributed by atoms with Gasteiger partial charge in [-0.25, -0.2) is 0 Å². The van der Waals surface area contributed by atoms with Gasteiger partial charge in [-0.1, -0.05) is 5.92 Å². The molecule has 0 N–H and O–H groups in total. The Labute approximate surface area is 85.4 Å². The van der Waals surface area contributed by atoms with Crippen molar-refractivity contribution in [3.8, 4) is 11.8 Å². The zero-order chi connectivity index (χ0) is 10.4. The quantitative estimate of drug-likeness (QED) is 0.484. The van der Waals surface area contributed by atoms with E-state index in [4.69, 9.17) is 4.74 Å². The highest BCUT2D eigenvalue weighted by Gasteiger charge is 2.25. The number of rotatable bonds is 2. The van der Waals surface area contributed by atoms with Crippen LogP contribution in [0.4, 0.5) is 0 Å². The van der Waals surface area contributed by atoms with Gasteiger partial charge in [0.05, 0.1) is 19.6 Å². The molecule has 78 valence electrons. The molecule has 3 heteroatoms. The Kier molecular flexibility index (Phi) is 4.48. The Balaban J connectivity index is 2.41. The molecule has 1 aliphatic heterocycles. The van der Waals surface area contributed by atoms with Gasteiger partial charge in [-0.15, -0.1) is 5.92 Å². The van der Waals surface area contributed by atoms with Crippen molar-refractivity contribution in [3.63, 3.8) is 0 Å². The number of carbonyl (C=O) groups is 1. The standard InChI is InChI=1S/C11H17NO2/c1-3-4-7-12-8-5-6-10(9-12)11(13)14-2/h10H,5-9H2,1-2H3/t10-/m0/s1. The molecule has 0 amide bonds. The first-order chi connectivity index (χ1) is 6.77. The van der Waals surface area contributed by atoms with Crippen LogP contribution in [0.1, 0.15) is 19.8 Å². The molecule has 0 aromatic heterocycles. The Morgan fingerprint density at radius 1 is 1.64 bits per heavy atom. The Morgan fingerprint density at radius 2 is 2.43 bits per heavy atom. The maximum atomic E-state index is 11.3. The smallest absolute Gasteiger partial charge is 0.309 e. The second kappa shape index (κ2) is 5.66. The second-order valence-corrected chi connectivity index (χ2v) is 3.52. The van der Waals surface area contributed by atoms with E-state index in [1.54, 1.807) is 0 Å². The molecule has 0 spiro atoms. The molecule has 0 aromatic carbocycles. The summed E-state index contributed by atoms with van der Waals surface area (Å²) in [5.74, 6) is 5.85. The highest BCUT2D eigenvalue weighted by atomic mass is 16.5. The van der Waals surface area contributed by atoms with E-state index in [1.807, 2.05) is 6.92 Å². The van der Waals surface area contributed by atoms with Crippen molar-refractivity contribution < 1.29 is 9.53 Å². The van der Waals surface area contributed by atoms with Crippen molar-refractivity contribution >= 4 is 5.97 Å². The second-order valence-electron chi connectivity index (χ2n) is 3.52. The topological polar surface area (TPSA) is 29.5 Å². The van der Waals surface area contributed by atoms with E-state index in [1.165, 1.54) is 7.11 Å². The third-order valence-electron chi connectivity index (χ3n) is 2.52. The lowest BCUT2D eigenvalue weighted by Gasteiger charge is -2.29. The number of ether oxygens (including phenoxy) is 1. The minimum atomic E-state index is -0.0841. The number of nitrogens with zero attached hydrogens (tertiary/aromatic N) is 1. The number of piperidine rings is 1. The van der Waals surface area contributed by atoms with Crippen molar-refractivity contribution in [1.82, 2.24) is 4.90 Å². The molecular formula is C11H17NO2. The van der Waals surface area contributed by atoms with Crippen LogP contribution in [0, 0.1) is 17.8 Å². The fraction of sp³-hybridized carbons (Fsp3) is 0.727. The van der Waals surface area contributed by atoms with E-state index in [-0.39, 0.29) is 11.9 Å². The van der Waals surface area contributed by atoms with Gasteiger partial charge >= 0.3 is 5.97 Å². The van der Waals surface area contributed by atoms with Gasteiger partial charge in [-0.3, -0.25) is 9.69 Å². The fourth-order valence-corrected chi connectivity index (χ4v) is 1.75. The number of esters is 1. The monoisotopic (exact) mass is 195 g/mol. The predicted molar refractivity (Wildman–Crippen MR) is 54.6 cm³/mol. The summed E-state index contributed by atoms with van der Waals surface area (Å²) in [5.41, 5.74) is 0. The third kappa shape index (κ3) is 3.04. The first-order valence-electron chi connectivity index (χ1n) is 4.97. The average molecular weight is 195 g/mol. The molecule has 1 saturated heterocycles. The molecule has 1 heterocycles. The zero-order valence-electron chi connectivity index (χ0n) is 8.88. The average Bonchev–Trinajstić information content (AvgIpc) is 2.25. The highest BCUT2D eigenvalue weighted by Crippen LogP contribution is 2.16. The number of carbonyl (C=O) groups excluding carboxylic acids is 1. The molecule has 0 radical (unpaired) electrons. The van der Waals surface area contributed by atoms with Crippen LogP contribution in [0.15, 0.2) is 0 Å². The van der Waals surface area contributed by atoms with Gasteiger partial charge in [-0.2, -0.15) is 0 Å². The van der Waals surface area contributed by atoms with Crippen LogP contribution < -0.4 is 0 Å². The zero-order valence-corrected chi connectivity index (χ0v) is 8.88. The van der Waals surface area contributed by atoms with E-state index in [0.717, 1.165) is 32.5 Å². The summed E-state index contributed by atoms with van der Waals surface area (Å²) in [6, 6.07) is 0. The maximum absolute atomic E-state index is 11.3. The third-order valence-corrected chi connectivity index (χ3v) is 2.52. The molecule has 0 aliphatic carbocycles. The Morgan fingerprint density at radius 3 is 3.07 bits per heavy atom. The van der Waals surface area contributed by atoms with Crippen LogP contribution in [-0.4, -0.2) is 37.6 Å². The van der Waals surface area contributed by atoms with Crippen molar-refractivity contribution in [1.29, 1.82) is 0 Å². The van der Waals surface area contributed by atoms with Crippen molar-refractivity contribution in [2.45, 2.75) is 19.8 Å². The van der Waals surface area contributed by atoms with Crippen LogP contribution in [0.5, 0.6) is 0 Å². The summed E-state index contributed by atoms with van der Waals surface area (Å²) >= 11 is 0. The minimum Gasteiger partial charge on any atom is -0.469 e. The van der Waals surface area contributed by atoms with Crippen molar-refractivity contribution in [3.05, 3.63) is 0 Å². The van der Waals surface area contributed by atoms with Crippen LogP contribution in [0.25, 0.3) is 0 Å². The van der Waals surface area contributed by atoms with Gasteiger partial charge < -0.3 is 4.74 Å². The van der Waals surface area contributed by atoms with Crippen molar-refractivity contribution in [2.24, 2.45) is 5.92 Å². The molecule has 1 fully saturated rings. The summed E-state index contributed by atoms with van der Waals surface area (Å²) < 4.78 is 4.74. The van der Waals surface area contributed by atoms with Crippen LogP contribution in [-0.2, 0) is 9.53 Å². The molecular weight excluding hydrogens is 178 g/mol. The van der Waals surface area contributed by atoms with E-state index in [2.05, 4.69) is 16.7 Å². The van der Waals surface area contributed by atoms with Gasteiger partial charge in [0.1, 0.15) is 0 Å². The summed E-state index contributed by atoms with van der Waals surface area (Å²) in [5, 5.41) is 0. The van der Waals surface area contributed by atoms with E-state index in [9.17, 15) is 4.79 Å². The Hall–Kier alpha value is -1.01. The van der Waals surface area contributed by atoms with Gasteiger partial charge in [0.25, 0.3) is 0 Å². The molecule has 0 bridgehead atoms. The lowest BCUT2D eigenvalue weighted by atomic mass is 9.98. The van der Waals surface area contributed by atoms with Crippen LogP contribution in [0.2, 0.25) is 0 Å². The number of likely N-dealkylation sites (tertiary alicyclic amines) is 1. The van der Waals surface area contributed by atoms with E-state index >= 15 is 0 Å². The molecule has 0 saturated carbocycles. The summed E-state index contributed by atoms with van der Waals surface area (Å²) in [6.07, 6.45) is 2.01. The fourth-order valence-electron chi connectivity index (χ4n) is 1.75. The highest BCUT2D eigenvalue weighted by molar-refractivity contribution is 5.72. The Bertz CT molecular complexity index is 252. The predicted octanol–water partition coefficient (Wildman–Crippen LogP) is 0.895. The summed E-state index contributed by atoms with van der Waals surface area (Å²) in [4.78, 5) is 13.5. The first kappa shape index (κ1) is 11.1. The molecule has 0 unspecified atom stereocenters.